The first kappa shape index (κ1) is 28.3. The van der Waals surface area contributed by atoms with E-state index in [-0.39, 0.29) is 24.0 Å². The molecular formula is C29H44N2O2S. The van der Waals surface area contributed by atoms with Crippen LogP contribution in [-0.4, -0.2) is 41.6 Å². The number of unbranched alkanes of at least 4 members (excludes halogenated alkanes) is 2. The Bertz CT molecular complexity index is 750. The van der Waals surface area contributed by atoms with Gasteiger partial charge in [0, 0.05) is 26.3 Å². The van der Waals surface area contributed by atoms with Crippen molar-refractivity contribution in [3.8, 4) is 0 Å². The van der Waals surface area contributed by atoms with E-state index in [9.17, 15) is 10.2 Å². The third-order valence-corrected chi connectivity index (χ3v) is 7.44. The summed E-state index contributed by atoms with van der Waals surface area (Å²) in [4.78, 5) is 0. The van der Waals surface area contributed by atoms with Crippen LogP contribution in [0.15, 0.2) is 60.7 Å². The predicted octanol–water partition coefficient (Wildman–Crippen LogP) is 5.47. The third kappa shape index (κ3) is 9.36. The summed E-state index contributed by atoms with van der Waals surface area (Å²) in [6.07, 6.45) is 7.94. The average molecular weight is 485 g/mol. The summed E-state index contributed by atoms with van der Waals surface area (Å²) in [7, 11) is 0. The number of benzene rings is 2. The smallest absolute Gasteiger partial charge is 0.166 e. The van der Waals surface area contributed by atoms with Crippen molar-refractivity contribution in [3.05, 3.63) is 71.8 Å². The van der Waals surface area contributed by atoms with Gasteiger partial charge in [-0.1, -0.05) is 87.4 Å². The monoisotopic (exact) mass is 484 g/mol. The van der Waals surface area contributed by atoms with Crippen LogP contribution < -0.4 is 10.6 Å². The van der Waals surface area contributed by atoms with E-state index in [0.29, 0.717) is 0 Å². The fourth-order valence-corrected chi connectivity index (χ4v) is 4.95. The minimum Gasteiger partial charge on any atom is -0.396 e. The van der Waals surface area contributed by atoms with Crippen molar-refractivity contribution in [1.29, 1.82) is 0 Å². The molecule has 2 aromatic carbocycles. The molecule has 5 heteroatoms. The molecule has 188 valence electrons. The molecule has 0 spiro atoms. The van der Waals surface area contributed by atoms with Gasteiger partial charge in [0.15, 0.2) is 5.11 Å². The summed E-state index contributed by atoms with van der Waals surface area (Å²) in [5.74, 6) is 0. The number of aliphatic hydroxyl groups is 2. The summed E-state index contributed by atoms with van der Waals surface area (Å²) in [5.41, 5.74) is 2.63. The zero-order valence-corrected chi connectivity index (χ0v) is 21.9. The number of aliphatic hydroxyl groups excluding tert-OH is 2. The van der Waals surface area contributed by atoms with Crippen LogP contribution in [-0.2, 0) is 10.8 Å². The first-order valence-electron chi connectivity index (χ1n) is 12.8. The fourth-order valence-electron chi connectivity index (χ4n) is 4.75. The second-order valence-electron chi connectivity index (χ2n) is 9.90. The van der Waals surface area contributed by atoms with Crippen LogP contribution in [0.4, 0.5) is 0 Å². The number of hydrogen-bond donors (Lipinski definition) is 4. The van der Waals surface area contributed by atoms with Crippen LogP contribution in [0.5, 0.6) is 0 Å². The number of thiocarbonyl (C=S) groups is 1. The third-order valence-electron chi connectivity index (χ3n) is 7.15. The van der Waals surface area contributed by atoms with Gasteiger partial charge in [-0.25, -0.2) is 0 Å². The molecule has 0 radical (unpaired) electrons. The van der Waals surface area contributed by atoms with Gasteiger partial charge in [0.2, 0.25) is 0 Å². The molecule has 0 aliphatic heterocycles. The normalized spacial score (nSPS) is 14.7. The molecule has 34 heavy (non-hydrogen) atoms. The average Bonchev–Trinajstić information content (AvgIpc) is 2.85. The summed E-state index contributed by atoms with van der Waals surface area (Å²) >= 11 is 5.45. The molecule has 4 N–H and O–H groups in total. The van der Waals surface area contributed by atoms with Crippen LogP contribution in [0.3, 0.4) is 0 Å². The first-order chi connectivity index (χ1) is 16.4. The molecule has 0 bridgehead atoms. The lowest BCUT2D eigenvalue weighted by atomic mass is 9.76. The van der Waals surface area contributed by atoms with Crippen LogP contribution in [0.2, 0.25) is 0 Å². The molecule has 4 nitrogen and oxygen atoms in total. The second-order valence-corrected chi connectivity index (χ2v) is 10.3. The maximum Gasteiger partial charge on any atom is 0.166 e. The van der Waals surface area contributed by atoms with Crippen LogP contribution in [0.25, 0.3) is 0 Å². The number of rotatable bonds is 16. The van der Waals surface area contributed by atoms with E-state index in [2.05, 4.69) is 73.0 Å². The van der Waals surface area contributed by atoms with Crippen molar-refractivity contribution in [2.75, 3.05) is 26.3 Å². The lowest BCUT2D eigenvalue weighted by molar-refractivity contribution is 0.235. The van der Waals surface area contributed by atoms with Crippen LogP contribution in [0.1, 0.15) is 76.3 Å². The van der Waals surface area contributed by atoms with Crippen molar-refractivity contribution in [3.63, 3.8) is 0 Å². The zero-order valence-electron chi connectivity index (χ0n) is 21.1. The van der Waals surface area contributed by atoms with Crippen molar-refractivity contribution >= 4 is 17.3 Å². The van der Waals surface area contributed by atoms with E-state index in [1.54, 1.807) is 0 Å². The molecule has 0 saturated carbocycles. The minimum atomic E-state index is 0.0129. The van der Waals surface area contributed by atoms with Crippen molar-refractivity contribution < 1.29 is 10.2 Å². The Morgan fingerprint density at radius 1 is 0.647 bits per heavy atom. The highest BCUT2D eigenvalue weighted by Gasteiger charge is 2.26. The van der Waals surface area contributed by atoms with Crippen molar-refractivity contribution in [2.24, 2.45) is 0 Å². The van der Waals surface area contributed by atoms with E-state index < -0.39 is 0 Å². The SMILES string of the molecule is CC(CCO)(CCCCNC(=S)NCCCCC(C)(CCO)c1ccccc1)c1ccccc1. The second kappa shape index (κ2) is 15.1. The van der Waals surface area contributed by atoms with Gasteiger partial charge in [0.05, 0.1) is 0 Å². The van der Waals surface area contributed by atoms with Crippen molar-refractivity contribution in [1.82, 2.24) is 10.6 Å². The van der Waals surface area contributed by atoms with Gasteiger partial charge < -0.3 is 20.8 Å². The topological polar surface area (TPSA) is 64.5 Å². The van der Waals surface area contributed by atoms with E-state index in [1.165, 1.54) is 11.1 Å². The van der Waals surface area contributed by atoms with E-state index in [0.717, 1.165) is 69.6 Å². The van der Waals surface area contributed by atoms with Gasteiger partial charge in [-0.05, 0) is 72.7 Å². The first-order valence-corrected chi connectivity index (χ1v) is 13.2. The van der Waals surface area contributed by atoms with Crippen molar-refractivity contribution in [2.45, 2.75) is 76.0 Å². The van der Waals surface area contributed by atoms with Gasteiger partial charge in [-0.15, -0.1) is 0 Å². The molecule has 0 aliphatic rings. The van der Waals surface area contributed by atoms with Gasteiger partial charge in [-0.3, -0.25) is 0 Å². The quantitative estimate of drug-likeness (QED) is 0.188. The minimum absolute atomic E-state index is 0.0129. The van der Waals surface area contributed by atoms with Crippen LogP contribution >= 0.6 is 12.2 Å². The highest BCUT2D eigenvalue weighted by atomic mass is 32.1. The Labute approximate surface area is 212 Å². The standard InChI is InChI=1S/C29H44N2O2S/c1-28(19-23-32,25-13-5-3-6-14-25)17-9-11-21-30-27(34)31-22-12-10-18-29(2,20-24-33)26-15-7-4-8-16-26/h3-8,13-16,32-33H,9-12,17-24H2,1-2H3,(H2,30,31,34). The fraction of sp³-hybridized carbons (Fsp3) is 0.552. The molecule has 2 atom stereocenters. The van der Waals surface area contributed by atoms with E-state index in [1.807, 2.05) is 12.1 Å². The van der Waals surface area contributed by atoms with Crippen LogP contribution in [0, 0.1) is 0 Å². The summed E-state index contributed by atoms with van der Waals surface area (Å²) in [5, 5.41) is 26.5. The predicted molar refractivity (Wildman–Crippen MR) is 147 cm³/mol. The van der Waals surface area contributed by atoms with Gasteiger partial charge in [0.25, 0.3) is 0 Å². The highest BCUT2D eigenvalue weighted by Crippen LogP contribution is 2.33. The molecule has 2 unspecified atom stereocenters. The lowest BCUT2D eigenvalue weighted by Crippen LogP contribution is -2.36. The Balaban J connectivity index is 1.62. The van der Waals surface area contributed by atoms with Gasteiger partial charge in [-0.2, -0.15) is 0 Å². The summed E-state index contributed by atoms with van der Waals surface area (Å²) in [6, 6.07) is 21.0. The van der Waals surface area contributed by atoms with E-state index in [4.69, 9.17) is 12.2 Å². The Kier molecular flexibility index (Phi) is 12.6. The van der Waals surface area contributed by atoms with Gasteiger partial charge in [0.1, 0.15) is 0 Å². The largest absolute Gasteiger partial charge is 0.396 e. The maximum atomic E-state index is 9.54. The zero-order chi connectivity index (χ0) is 24.7. The molecule has 0 heterocycles. The Morgan fingerprint density at radius 2 is 1.03 bits per heavy atom. The molecule has 0 aromatic heterocycles. The molecular weight excluding hydrogens is 440 g/mol. The molecule has 2 rings (SSSR count). The molecule has 0 fully saturated rings. The lowest BCUT2D eigenvalue weighted by Gasteiger charge is -2.30. The molecule has 0 saturated heterocycles. The highest BCUT2D eigenvalue weighted by molar-refractivity contribution is 7.80. The van der Waals surface area contributed by atoms with Gasteiger partial charge >= 0.3 is 0 Å². The number of hydrogen-bond acceptors (Lipinski definition) is 3. The maximum absolute atomic E-state index is 9.54. The molecule has 2 aromatic rings. The summed E-state index contributed by atoms with van der Waals surface area (Å²) in [6.45, 7) is 6.64. The molecule has 0 amide bonds. The Hall–Kier alpha value is -1.95. The number of nitrogens with one attached hydrogen (secondary N) is 2. The molecule has 0 aliphatic carbocycles. The Morgan fingerprint density at radius 3 is 1.38 bits per heavy atom. The van der Waals surface area contributed by atoms with E-state index >= 15 is 0 Å². The summed E-state index contributed by atoms with van der Waals surface area (Å²) < 4.78 is 0.